The van der Waals surface area contributed by atoms with Gasteiger partial charge in [-0.05, 0) is 39.5 Å². The number of aromatic amines is 1. The Morgan fingerprint density at radius 1 is 1.59 bits per heavy atom. The molecule has 6 heteroatoms. The number of ether oxygens (including phenoxy) is 1. The lowest BCUT2D eigenvalue weighted by Gasteiger charge is -2.27. The van der Waals surface area contributed by atoms with Gasteiger partial charge in [0, 0.05) is 18.5 Å². The zero-order valence-corrected chi connectivity index (χ0v) is 13.1. The van der Waals surface area contributed by atoms with Crippen LogP contribution in [-0.4, -0.2) is 33.1 Å². The van der Waals surface area contributed by atoms with Crippen LogP contribution in [0.5, 0.6) is 0 Å². The monoisotopic (exact) mass is 300 g/mol. The molecule has 0 aliphatic carbocycles. The van der Waals surface area contributed by atoms with E-state index in [-0.39, 0.29) is 12.1 Å². The lowest BCUT2D eigenvalue weighted by molar-refractivity contribution is 0.0219. The van der Waals surface area contributed by atoms with Crippen LogP contribution in [0, 0.1) is 24.3 Å². The van der Waals surface area contributed by atoms with Crippen molar-refractivity contribution in [2.45, 2.75) is 45.3 Å². The molecule has 1 amide bonds. The quantitative estimate of drug-likeness (QED) is 0.650. The number of carbonyl (C=O) groups excluding carboxylic acids is 1. The molecule has 22 heavy (non-hydrogen) atoms. The van der Waals surface area contributed by atoms with Gasteiger partial charge in [0.1, 0.15) is 17.2 Å². The van der Waals surface area contributed by atoms with Gasteiger partial charge in [-0.15, -0.1) is 6.42 Å². The SMILES string of the molecule is C#CC#CNc1cnc([C@@H]2CCCN2C(=O)OC(C)(C)C)[nH]1. The van der Waals surface area contributed by atoms with Crippen LogP contribution in [0.25, 0.3) is 0 Å². The fourth-order valence-electron chi connectivity index (χ4n) is 2.29. The summed E-state index contributed by atoms with van der Waals surface area (Å²) in [6.07, 6.45) is 8.14. The Kier molecular flexibility index (Phi) is 4.62. The third kappa shape index (κ3) is 3.95. The van der Waals surface area contributed by atoms with Gasteiger partial charge < -0.3 is 9.72 Å². The Labute approximate surface area is 130 Å². The first-order valence-corrected chi connectivity index (χ1v) is 7.17. The standard InChI is InChI=1S/C16H20N4O2/c1-5-6-9-17-13-11-18-14(19-13)12-8-7-10-20(12)15(21)22-16(2,3)4/h1,11-12,17H,7-8,10H2,2-4H3,(H,18,19)/t12-/m0/s1. The molecule has 2 N–H and O–H groups in total. The van der Waals surface area contributed by atoms with E-state index in [0.717, 1.165) is 12.8 Å². The number of amides is 1. The van der Waals surface area contributed by atoms with Gasteiger partial charge in [-0.1, -0.05) is 0 Å². The smallest absolute Gasteiger partial charge is 0.410 e. The topological polar surface area (TPSA) is 70.2 Å². The van der Waals surface area contributed by atoms with Crippen LogP contribution in [-0.2, 0) is 4.74 Å². The molecule has 2 rings (SSSR count). The zero-order valence-electron chi connectivity index (χ0n) is 13.1. The second-order valence-corrected chi connectivity index (χ2v) is 6.03. The van der Waals surface area contributed by atoms with Crippen LogP contribution in [0.4, 0.5) is 10.6 Å². The van der Waals surface area contributed by atoms with Crippen molar-refractivity contribution < 1.29 is 9.53 Å². The second kappa shape index (κ2) is 6.44. The first kappa shape index (κ1) is 15.8. The molecule has 1 atom stereocenters. The van der Waals surface area contributed by atoms with Crippen LogP contribution in [0.1, 0.15) is 45.5 Å². The molecule has 0 radical (unpaired) electrons. The lowest BCUT2D eigenvalue weighted by atomic mass is 10.2. The zero-order chi connectivity index (χ0) is 16.2. The van der Waals surface area contributed by atoms with Gasteiger partial charge in [-0.2, -0.15) is 0 Å². The van der Waals surface area contributed by atoms with Crippen molar-refractivity contribution in [1.82, 2.24) is 14.9 Å². The number of hydrogen-bond donors (Lipinski definition) is 2. The number of carbonyl (C=O) groups is 1. The van der Waals surface area contributed by atoms with Crippen molar-refractivity contribution in [3.8, 4) is 24.3 Å². The van der Waals surface area contributed by atoms with Crippen LogP contribution >= 0.6 is 0 Å². The van der Waals surface area contributed by atoms with Crippen molar-refractivity contribution in [2.24, 2.45) is 0 Å². The molecular formula is C16H20N4O2. The predicted octanol–water partition coefficient (Wildman–Crippen LogP) is 2.49. The molecule has 116 valence electrons. The summed E-state index contributed by atoms with van der Waals surface area (Å²) >= 11 is 0. The summed E-state index contributed by atoms with van der Waals surface area (Å²) in [4.78, 5) is 21.4. The van der Waals surface area contributed by atoms with Gasteiger partial charge in [-0.3, -0.25) is 10.2 Å². The summed E-state index contributed by atoms with van der Waals surface area (Å²) in [6, 6.07) is 2.50. The molecule has 0 bridgehead atoms. The van der Waals surface area contributed by atoms with Crippen LogP contribution < -0.4 is 5.32 Å². The maximum absolute atomic E-state index is 12.3. The number of imidazole rings is 1. The van der Waals surface area contributed by atoms with Crippen molar-refractivity contribution in [1.29, 1.82) is 0 Å². The van der Waals surface area contributed by atoms with E-state index >= 15 is 0 Å². The van der Waals surface area contributed by atoms with Gasteiger partial charge in [0.15, 0.2) is 0 Å². The van der Waals surface area contributed by atoms with E-state index in [4.69, 9.17) is 11.2 Å². The summed E-state index contributed by atoms with van der Waals surface area (Å²) in [5.74, 6) is 6.04. The molecule has 2 heterocycles. The van der Waals surface area contributed by atoms with E-state index in [1.54, 1.807) is 11.1 Å². The summed E-state index contributed by atoms with van der Waals surface area (Å²) in [5.41, 5.74) is -0.509. The Morgan fingerprint density at radius 2 is 2.36 bits per heavy atom. The molecule has 1 saturated heterocycles. The normalized spacial score (nSPS) is 17.4. The van der Waals surface area contributed by atoms with Crippen LogP contribution in [0.3, 0.4) is 0 Å². The van der Waals surface area contributed by atoms with Gasteiger partial charge in [-0.25, -0.2) is 9.78 Å². The summed E-state index contributed by atoms with van der Waals surface area (Å²) in [5, 5.41) is 2.82. The highest BCUT2D eigenvalue weighted by Crippen LogP contribution is 2.31. The molecule has 1 aliphatic heterocycles. The van der Waals surface area contributed by atoms with E-state index in [2.05, 4.69) is 33.2 Å². The third-order valence-corrected chi connectivity index (χ3v) is 3.12. The number of aromatic nitrogens is 2. The average molecular weight is 300 g/mol. The Bertz CT molecular complexity index is 640. The highest BCUT2D eigenvalue weighted by Gasteiger charge is 2.34. The minimum atomic E-state index is -0.509. The molecular weight excluding hydrogens is 280 g/mol. The van der Waals surface area contributed by atoms with Crippen molar-refractivity contribution >= 4 is 11.9 Å². The first-order chi connectivity index (χ1) is 10.4. The molecule has 0 spiro atoms. The molecule has 1 aliphatic rings. The minimum Gasteiger partial charge on any atom is -0.444 e. The fraction of sp³-hybridized carbons (Fsp3) is 0.500. The van der Waals surface area contributed by atoms with E-state index in [9.17, 15) is 4.79 Å². The van der Waals surface area contributed by atoms with E-state index in [0.29, 0.717) is 18.2 Å². The van der Waals surface area contributed by atoms with Crippen LogP contribution in [0.2, 0.25) is 0 Å². The number of nitrogens with one attached hydrogen (secondary N) is 2. The number of likely N-dealkylation sites (tertiary alicyclic amines) is 1. The predicted molar refractivity (Wildman–Crippen MR) is 83.7 cm³/mol. The fourth-order valence-corrected chi connectivity index (χ4v) is 2.29. The maximum Gasteiger partial charge on any atom is 0.410 e. The average Bonchev–Trinajstić information content (AvgIpc) is 3.05. The van der Waals surface area contributed by atoms with Crippen molar-refractivity contribution in [3.05, 3.63) is 12.0 Å². The number of hydrogen-bond acceptors (Lipinski definition) is 4. The van der Waals surface area contributed by atoms with Gasteiger partial charge >= 0.3 is 6.09 Å². The largest absolute Gasteiger partial charge is 0.444 e. The number of rotatable bonds is 2. The van der Waals surface area contributed by atoms with E-state index in [1.807, 2.05) is 20.8 Å². The molecule has 0 unspecified atom stereocenters. The molecule has 0 saturated carbocycles. The third-order valence-electron chi connectivity index (χ3n) is 3.12. The summed E-state index contributed by atoms with van der Waals surface area (Å²) < 4.78 is 5.44. The summed E-state index contributed by atoms with van der Waals surface area (Å²) in [6.45, 7) is 6.24. The first-order valence-electron chi connectivity index (χ1n) is 7.17. The highest BCUT2D eigenvalue weighted by molar-refractivity contribution is 5.69. The number of terminal acetylenes is 1. The molecule has 1 fully saturated rings. The molecule has 0 aromatic carbocycles. The van der Waals surface area contributed by atoms with Crippen molar-refractivity contribution in [2.75, 3.05) is 11.9 Å². The summed E-state index contributed by atoms with van der Waals surface area (Å²) in [7, 11) is 0. The van der Waals surface area contributed by atoms with Gasteiger partial charge in [0.2, 0.25) is 0 Å². The van der Waals surface area contributed by atoms with E-state index < -0.39 is 5.60 Å². The molecule has 1 aromatic heterocycles. The van der Waals surface area contributed by atoms with Gasteiger partial charge in [0.05, 0.1) is 12.2 Å². The lowest BCUT2D eigenvalue weighted by Crippen LogP contribution is -2.36. The Balaban J connectivity index is 2.07. The number of H-pyrrole nitrogens is 1. The highest BCUT2D eigenvalue weighted by atomic mass is 16.6. The maximum atomic E-state index is 12.3. The second-order valence-electron chi connectivity index (χ2n) is 6.03. The Hall–Kier alpha value is -2.60. The van der Waals surface area contributed by atoms with Crippen LogP contribution in [0.15, 0.2) is 6.20 Å². The van der Waals surface area contributed by atoms with Gasteiger partial charge in [0.25, 0.3) is 0 Å². The Morgan fingerprint density at radius 3 is 3.05 bits per heavy atom. The molecule has 1 aromatic rings. The minimum absolute atomic E-state index is 0.106. The van der Waals surface area contributed by atoms with Crippen molar-refractivity contribution in [3.63, 3.8) is 0 Å². The van der Waals surface area contributed by atoms with E-state index in [1.165, 1.54) is 0 Å². The molecule has 6 nitrogen and oxygen atoms in total. The number of nitrogens with zero attached hydrogens (tertiary/aromatic N) is 2. The number of anilines is 1.